The summed E-state index contributed by atoms with van der Waals surface area (Å²) in [5.41, 5.74) is 1.72. The van der Waals surface area contributed by atoms with Gasteiger partial charge in [0.05, 0.1) is 0 Å². The number of pyridine rings is 1. The number of ketones is 1. The molecule has 1 aromatic rings. The van der Waals surface area contributed by atoms with Crippen molar-refractivity contribution in [3.63, 3.8) is 0 Å². The average Bonchev–Trinajstić information content (AvgIpc) is 2.62. The molecular formula is C20H31N3O. The third kappa shape index (κ3) is 3.02. The van der Waals surface area contributed by atoms with E-state index in [1.807, 2.05) is 26.1 Å². The molecule has 2 aliphatic rings. The molecule has 4 nitrogen and oxygen atoms in total. The highest BCUT2D eigenvalue weighted by molar-refractivity contribution is 5.91. The van der Waals surface area contributed by atoms with E-state index in [0.29, 0.717) is 5.78 Å². The summed E-state index contributed by atoms with van der Waals surface area (Å²) in [6.45, 7) is 9.12. The Morgan fingerprint density at radius 1 is 1.29 bits per heavy atom. The molecule has 0 spiro atoms. The fraction of sp³-hybridized carbons (Fsp3) is 0.700. The van der Waals surface area contributed by atoms with Crippen LogP contribution in [0.15, 0.2) is 18.3 Å². The second-order valence-corrected chi connectivity index (χ2v) is 7.66. The van der Waals surface area contributed by atoms with Crippen LogP contribution >= 0.6 is 0 Å². The lowest BCUT2D eigenvalue weighted by atomic mass is 9.74. The van der Waals surface area contributed by atoms with Crippen LogP contribution in [0, 0.1) is 12.8 Å². The van der Waals surface area contributed by atoms with Crippen LogP contribution in [0.25, 0.3) is 0 Å². The zero-order chi connectivity index (χ0) is 17.2. The number of carbonyl (C=O) groups is 1. The Kier molecular flexibility index (Phi) is 5.36. The molecule has 1 N–H and O–H groups in total. The molecule has 24 heavy (non-hydrogen) atoms. The predicted molar refractivity (Wildman–Crippen MR) is 97.0 cm³/mol. The van der Waals surface area contributed by atoms with Crippen molar-refractivity contribution < 1.29 is 4.79 Å². The van der Waals surface area contributed by atoms with Gasteiger partial charge in [-0.1, -0.05) is 26.3 Å². The number of nitrogens with zero attached hydrogens (tertiary/aromatic N) is 2. The van der Waals surface area contributed by atoms with Crippen molar-refractivity contribution in [3.8, 4) is 0 Å². The first-order valence-corrected chi connectivity index (χ1v) is 9.53. The third-order valence-corrected chi connectivity index (χ3v) is 5.70. The van der Waals surface area contributed by atoms with Gasteiger partial charge in [0, 0.05) is 36.8 Å². The smallest absolute Gasteiger partial charge is 0.170 e. The Balaban J connectivity index is 2.08. The Bertz CT molecular complexity index is 580. The van der Waals surface area contributed by atoms with E-state index in [4.69, 9.17) is 4.98 Å². The molecule has 2 aliphatic heterocycles. The van der Waals surface area contributed by atoms with Gasteiger partial charge in [-0.15, -0.1) is 0 Å². The molecule has 0 aromatic carbocycles. The van der Waals surface area contributed by atoms with Crippen molar-refractivity contribution in [3.05, 3.63) is 29.6 Å². The SMILES string of the molecule is Cc1cccnc1C1CCCNC1(C(=O)C(C)C)N1CCCCC1. The second kappa shape index (κ2) is 7.32. The van der Waals surface area contributed by atoms with Crippen molar-refractivity contribution >= 4 is 5.78 Å². The fourth-order valence-corrected chi connectivity index (χ4v) is 4.55. The van der Waals surface area contributed by atoms with Crippen molar-refractivity contribution in [1.82, 2.24) is 15.2 Å². The summed E-state index contributed by atoms with van der Waals surface area (Å²) in [5, 5.41) is 3.70. The Morgan fingerprint density at radius 3 is 2.71 bits per heavy atom. The van der Waals surface area contributed by atoms with Crippen LogP contribution in [-0.4, -0.2) is 41.0 Å². The number of rotatable bonds is 4. The molecule has 2 unspecified atom stereocenters. The monoisotopic (exact) mass is 329 g/mol. The molecule has 0 aliphatic carbocycles. The molecule has 0 bridgehead atoms. The van der Waals surface area contributed by atoms with E-state index in [9.17, 15) is 4.79 Å². The maximum atomic E-state index is 13.5. The quantitative estimate of drug-likeness (QED) is 0.921. The number of aromatic nitrogens is 1. The Labute approximate surface area is 146 Å². The summed E-state index contributed by atoms with van der Waals surface area (Å²) in [6, 6.07) is 4.11. The lowest BCUT2D eigenvalue weighted by molar-refractivity contribution is -0.142. The lowest BCUT2D eigenvalue weighted by Gasteiger charge is -2.52. The van der Waals surface area contributed by atoms with Crippen molar-refractivity contribution in [2.75, 3.05) is 19.6 Å². The number of aryl methyl sites for hydroxylation is 1. The predicted octanol–water partition coefficient (Wildman–Crippen LogP) is 3.26. The van der Waals surface area contributed by atoms with Crippen LogP contribution in [0.3, 0.4) is 0 Å². The van der Waals surface area contributed by atoms with Gasteiger partial charge in [-0.2, -0.15) is 0 Å². The molecule has 132 valence electrons. The van der Waals surface area contributed by atoms with Gasteiger partial charge in [0.25, 0.3) is 0 Å². The molecule has 0 amide bonds. The number of piperidine rings is 2. The van der Waals surface area contributed by atoms with Crippen LogP contribution in [0.1, 0.15) is 63.1 Å². The van der Waals surface area contributed by atoms with E-state index in [1.165, 1.54) is 24.8 Å². The second-order valence-electron chi connectivity index (χ2n) is 7.66. The summed E-state index contributed by atoms with van der Waals surface area (Å²) in [7, 11) is 0. The highest BCUT2D eigenvalue weighted by Crippen LogP contribution is 2.41. The summed E-state index contributed by atoms with van der Waals surface area (Å²) < 4.78 is 0. The van der Waals surface area contributed by atoms with Gasteiger partial charge >= 0.3 is 0 Å². The summed E-state index contributed by atoms with van der Waals surface area (Å²) >= 11 is 0. The number of hydrogen-bond acceptors (Lipinski definition) is 4. The number of Topliss-reactive ketones (excluding diaryl/α,β-unsaturated/α-hetero) is 1. The molecule has 3 rings (SSSR count). The van der Waals surface area contributed by atoms with E-state index in [1.54, 1.807) is 0 Å². The van der Waals surface area contributed by atoms with Crippen molar-refractivity contribution in [2.24, 2.45) is 5.92 Å². The van der Waals surface area contributed by atoms with Crippen LogP contribution in [0.5, 0.6) is 0 Å². The van der Waals surface area contributed by atoms with Gasteiger partial charge in [0.15, 0.2) is 5.78 Å². The average molecular weight is 329 g/mol. The molecule has 0 radical (unpaired) electrons. The summed E-state index contributed by atoms with van der Waals surface area (Å²) in [6.07, 6.45) is 7.64. The third-order valence-electron chi connectivity index (χ3n) is 5.70. The topological polar surface area (TPSA) is 45.2 Å². The Hall–Kier alpha value is -1.26. The fourth-order valence-electron chi connectivity index (χ4n) is 4.55. The molecule has 3 heterocycles. The molecule has 1 aromatic heterocycles. The maximum Gasteiger partial charge on any atom is 0.170 e. The number of carbonyl (C=O) groups excluding carboxylic acids is 1. The van der Waals surface area contributed by atoms with Crippen LogP contribution in [0.2, 0.25) is 0 Å². The molecule has 2 saturated heterocycles. The van der Waals surface area contributed by atoms with Crippen LogP contribution < -0.4 is 5.32 Å². The first-order chi connectivity index (χ1) is 11.6. The van der Waals surface area contributed by atoms with Gasteiger partial charge in [0.2, 0.25) is 0 Å². The van der Waals surface area contributed by atoms with E-state index in [0.717, 1.165) is 38.2 Å². The minimum Gasteiger partial charge on any atom is -0.296 e. The first-order valence-electron chi connectivity index (χ1n) is 9.53. The van der Waals surface area contributed by atoms with Crippen LogP contribution in [0.4, 0.5) is 0 Å². The highest BCUT2D eigenvalue weighted by atomic mass is 16.1. The zero-order valence-electron chi connectivity index (χ0n) is 15.3. The molecule has 2 fully saturated rings. The Morgan fingerprint density at radius 2 is 2.04 bits per heavy atom. The first kappa shape index (κ1) is 17.6. The van der Waals surface area contributed by atoms with Gasteiger partial charge in [-0.25, -0.2) is 0 Å². The number of hydrogen-bond donors (Lipinski definition) is 1. The minimum atomic E-state index is -0.577. The lowest BCUT2D eigenvalue weighted by Crippen LogP contribution is -2.70. The van der Waals surface area contributed by atoms with Gasteiger partial charge in [-0.05, 0) is 50.8 Å². The van der Waals surface area contributed by atoms with Crippen LogP contribution in [-0.2, 0) is 4.79 Å². The van der Waals surface area contributed by atoms with E-state index in [2.05, 4.69) is 23.2 Å². The highest BCUT2D eigenvalue weighted by Gasteiger charge is 2.53. The summed E-state index contributed by atoms with van der Waals surface area (Å²) in [5.74, 6) is 0.489. The normalized spacial score (nSPS) is 28.9. The van der Waals surface area contributed by atoms with E-state index in [-0.39, 0.29) is 11.8 Å². The molecule has 4 heteroatoms. The number of likely N-dealkylation sites (tertiary alicyclic amines) is 1. The number of nitrogens with one attached hydrogen (secondary N) is 1. The zero-order valence-corrected chi connectivity index (χ0v) is 15.3. The minimum absolute atomic E-state index is 0.0176. The maximum absolute atomic E-state index is 13.5. The van der Waals surface area contributed by atoms with Gasteiger partial charge < -0.3 is 0 Å². The molecule has 0 saturated carbocycles. The summed E-state index contributed by atoms with van der Waals surface area (Å²) in [4.78, 5) is 20.6. The van der Waals surface area contributed by atoms with Crippen molar-refractivity contribution in [2.45, 2.75) is 64.5 Å². The standard InChI is InChI=1S/C20H31N3O/c1-15(2)19(24)20(23-13-5-4-6-14-23)17(10-8-12-22-20)18-16(3)9-7-11-21-18/h7,9,11,15,17,22H,4-6,8,10,12-14H2,1-3H3. The molecule has 2 atom stereocenters. The van der Waals surface area contributed by atoms with E-state index >= 15 is 0 Å². The van der Waals surface area contributed by atoms with E-state index < -0.39 is 5.66 Å². The van der Waals surface area contributed by atoms with Crippen molar-refractivity contribution in [1.29, 1.82) is 0 Å². The molecular weight excluding hydrogens is 298 g/mol. The van der Waals surface area contributed by atoms with Gasteiger partial charge in [0.1, 0.15) is 5.66 Å². The van der Waals surface area contributed by atoms with Gasteiger partial charge in [-0.3, -0.25) is 20.0 Å². The largest absolute Gasteiger partial charge is 0.296 e.